The van der Waals surface area contributed by atoms with Crippen LogP contribution in [0.15, 0.2) is 24.3 Å². The summed E-state index contributed by atoms with van der Waals surface area (Å²) in [7, 11) is 1.43. The lowest BCUT2D eigenvalue weighted by molar-refractivity contribution is -0.160. The lowest BCUT2D eigenvalue weighted by Gasteiger charge is -2.50. The van der Waals surface area contributed by atoms with Crippen molar-refractivity contribution in [2.45, 2.75) is 51.2 Å². The largest absolute Gasteiger partial charge is 0.469 e. The number of piperidine rings is 1. The van der Waals surface area contributed by atoms with Gasteiger partial charge in [0.25, 0.3) is 0 Å². The zero-order chi connectivity index (χ0) is 23.5. The highest BCUT2D eigenvalue weighted by Crippen LogP contribution is 2.49. The SMILES string of the molecule is CCCNC(=O)O.COC(=O)[C@@H]1[C@H]2C[C@H]3c4[nH]c5ccccc5c4CCN3C[C@@H]2CC[C@@H]1O. The second-order valence-corrected chi connectivity index (χ2v) is 9.41. The zero-order valence-corrected chi connectivity index (χ0v) is 19.4. The molecule has 33 heavy (non-hydrogen) atoms. The van der Waals surface area contributed by atoms with Crippen molar-refractivity contribution in [3.63, 3.8) is 0 Å². The predicted octanol–water partition coefficient (Wildman–Crippen LogP) is 3.31. The van der Waals surface area contributed by atoms with E-state index < -0.39 is 12.2 Å². The van der Waals surface area contributed by atoms with Gasteiger partial charge in [0.2, 0.25) is 0 Å². The maximum Gasteiger partial charge on any atom is 0.404 e. The lowest BCUT2D eigenvalue weighted by Crippen LogP contribution is -2.53. The van der Waals surface area contributed by atoms with E-state index in [1.807, 2.05) is 6.92 Å². The number of aromatic nitrogens is 1. The highest BCUT2D eigenvalue weighted by Gasteiger charge is 2.49. The van der Waals surface area contributed by atoms with Gasteiger partial charge in [0.05, 0.1) is 25.2 Å². The molecule has 2 aromatic rings. The van der Waals surface area contributed by atoms with E-state index in [9.17, 15) is 14.7 Å². The van der Waals surface area contributed by atoms with E-state index >= 15 is 0 Å². The van der Waals surface area contributed by atoms with E-state index in [2.05, 4.69) is 39.5 Å². The number of aromatic amines is 1. The number of benzene rings is 1. The third-order valence-electron chi connectivity index (χ3n) is 7.55. The average molecular weight is 458 g/mol. The van der Waals surface area contributed by atoms with E-state index in [0.717, 1.165) is 38.8 Å². The van der Waals surface area contributed by atoms with Gasteiger partial charge in [0.1, 0.15) is 0 Å². The maximum atomic E-state index is 12.4. The fraction of sp³-hybridized carbons (Fsp3) is 0.600. The van der Waals surface area contributed by atoms with Crippen LogP contribution in [0, 0.1) is 17.8 Å². The topological polar surface area (TPSA) is 115 Å². The number of methoxy groups -OCH3 is 1. The van der Waals surface area contributed by atoms with Crippen molar-refractivity contribution >= 4 is 23.0 Å². The summed E-state index contributed by atoms with van der Waals surface area (Å²) in [4.78, 5) is 28.3. The van der Waals surface area contributed by atoms with E-state index in [-0.39, 0.29) is 17.8 Å². The number of hydrogen-bond donors (Lipinski definition) is 4. The van der Waals surface area contributed by atoms with Gasteiger partial charge in [-0.1, -0.05) is 25.1 Å². The number of nitrogens with zero attached hydrogens (tertiary/aromatic N) is 1. The van der Waals surface area contributed by atoms with Crippen LogP contribution in [-0.4, -0.2) is 65.0 Å². The number of aliphatic hydroxyl groups excluding tert-OH is 1. The minimum Gasteiger partial charge on any atom is -0.469 e. The number of hydrogen-bond acceptors (Lipinski definition) is 5. The Morgan fingerprint density at radius 3 is 2.76 bits per heavy atom. The van der Waals surface area contributed by atoms with Crippen molar-refractivity contribution < 1.29 is 24.5 Å². The number of para-hydroxylation sites is 1. The van der Waals surface area contributed by atoms with Crippen molar-refractivity contribution in [1.82, 2.24) is 15.2 Å². The van der Waals surface area contributed by atoms with Crippen molar-refractivity contribution in [1.29, 1.82) is 0 Å². The van der Waals surface area contributed by atoms with Gasteiger partial charge in [0, 0.05) is 36.2 Å². The molecule has 1 saturated carbocycles. The molecule has 1 aromatic heterocycles. The second-order valence-electron chi connectivity index (χ2n) is 9.41. The molecule has 8 heteroatoms. The summed E-state index contributed by atoms with van der Waals surface area (Å²) >= 11 is 0. The summed E-state index contributed by atoms with van der Waals surface area (Å²) in [6, 6.07) is 8.83. The Bertz CT molecular complexity index is 990. The Morgan fingerprint density at radius 1 is 1.27 bits per heavy atom. The van der Waals surface area contributed by atoms with Gasteiger partial charge in [-0.2, -0.15) is 0 Å². The summed E-state index contributed by atoms with van der Waals surface area (Å²) in [5.74, 6) is 0.0541. The fourth-order valence-corrected chi connectivity index (χ4v) is 6.04. The van der Waals surface area contributed by atoms with Gasteiger partial charge in [-0.05, 0) is 55.6 Å². The van der Waals surface area contributed by atoms with Crippen LogP contribution in [0.3, 0.4) is 0 Å². The van der Waals surface area contributed by atoms with Crippen molar-refractivity contribution in [3.8, 4) is 0 Å². The Morgan fingerprint density at radius 2 is 2.06 bits per heavy atom. The molecule has 5 atom stereocenters. The number of aliphatic hydroxyl groups is 1. The quantitative estimate of drug-likeness (QED) is 0.526. The van der Waals surface area contributed by atoms with Crippen molar-refractivity contribution in [2.75, 3.05) is 26.7 Å². The van der Waals surface area contributed by atoms with Crippen LogP contribution in [-0.2, 0) is 16.0 Å². The first-order valence-electron chi connectivity index (χ1n) is 12.0. The predicted molar refractivity (Wildman–Crippen MR) is 125 cm³/mol. The Hall–Kier alpha value is -2.58. The Labute approximate surface area is 194 Å². The van der Waals surface area contributed by atoms with Crippen LogP contribution in [0.4, 0.5) is 4.79 Å². The van der Waals surface area contributed by atoms with Gasteiger partial charge in [-0.25, -0.2) is 4.79 Å². The van der Waals surface area contributed by atoms with Crippen LogP contribution < -0.4 is 5.32 Å². The van der Waals surface area contributed by atoms with Gasteiger partial charge in [0.15, 0.2) is 0 Å². The van der Waals surface area contributed by atoms with Gasteiger partial charge < -0.3 is 25.3 Å². The number of nitrogens with one attached hydrogen (secondary N) is 2. The molecule has 1 amide bonds. The highest BCUT2D eigenvalue weighted by atomic mass is 16.5. The molecule has 8 nitrogen and oxygen atoms in total. The first-order valence-corrected chi connectivity index (χ1v) is 12.0. The third kappa shape index (κ3) is 4.73. The normalized spacial score (nSPS) is 28.5. The number of carbonyl (C=O) groups excluding carboxylic acids is 1. The van der Waals surface area contributed by atoms with Crippen molar-refractivity contribution in [3.05, 3.63) is 35.5 Å². The number of ether oxygens (including phenoxy) is 1. The van der Waals surface area contributed by atoms with Gasteiger partial charge in [-0.15, -0.1) is 0 Å². The molecule has 0 bridgehead atoms. The van der Waals surface area contributed by atoms with Crippen LogP contribution in [0.2, 0.25) is 0 Å². The summed E-state index contributed by atoms with van der Waals surface area (Å²) in [5.41, 5.74) is 3.96. The summed E-state index contributed by atoms with van der Waals surface area (Å²) in [6.07, 6.45) is 3.05. The molecule has 1 aliphatic carbocycles. The molecule has 3 aliphatic rings. The first-order chi connectivity index (χ1) is 15.9. The molecule has 1 aromatic carbocycles. The summed E-state index contributed by atoms with van der Waals surface area (Å²) < 4.78 is 5.04. The Balaban J connectivity index is 0.000000325. The number of fused-ring (bicyclic) bond motifs is 6. The molecule has 2 aliphatic heterocycles. The first kappa shape index (κ1) is 23.6. The summed E-state index contributed by atoms with van der Waals surface area (Å²) in [6.45, 7) is 4.56. The molecular weight excluding hydrogens is 422 g/mol. The van der Waals surface area contributed by atoms with Crippen LogP contribution in [0.25, 0.3) is 10.9 Å². The van der Waals surface area contributed by atoms with Gasteiger partial charge in [-0.3, -0.25) is 9.69 Å². The third-order valence-corrected chi connectivity index (χ3v) is 7.55. The van der Waals surface area contributed by atoms with Crippen LogP contribution >= 0.6 is 0 Å². The molecule has 2 fully saturated rings. The number of carbonyl (C=O) groups is 2. The van der Waals surface area contributed by atoms with E-state index in [1.165, 1.54) is 29.3 Å². The van der Waals surface area contributed by atoms with Gasteiger partial charge >= 0.3 is 12.1 Å². The highest BCUT2D eigenvalue weighted by molar-refractivity contribution is 5.85. The summed E-state index contributed by atoms with van der Waals surface area (Å²) in [5, 5.41) is 22.0. The molecule has 3 heterocycles. The molecule has 0 radical (unpaired) electrons. The molecule has 0 spiro atoms. The molecule has 180 valence electrons. The van der Waals surface area contributed by atoms with E-state index in [0.29, 0.717) is 24.9 Å². The fourth-order valence-electron chi connectivity index (χ4n) is 6.04. The number of carboxylic acid groups (broad SMARTS) is 1. The maximum absolute atomic E-state index is 12.4. The second kappa shape index (κ2) is 10.1. The molecule has 0 unspecified atom stereocenters. The molecule has 5 rings (SSSR count). The van der Waals surface area contributed by atoms with Crippen LogP contribution in [0.5, 0.6) is 0 Å². The zero-order valence-electron chi connectivity index (χ0n) is 19.4. The number of rotatable bonds is 3. The molecule has 4 N–H and O–H groups in total. The number of H-pyrrole nitrogens is 1. The Kier molecular flexibility index (Phi) is 7.24. The number of esters is 1. The minimum atomic E-state index is -0.943. The molecular formula is C25H35N3O5. The standard InChI is InChI=1S/C21H26N2O3.C4H9NO2/c1-26-21(25)19-15-10-17-20-14(13-4-2-3-5-16(13)22-20)8-9-23(17)11-12(15)6-7-18(19)24;1-2-3-5-4(6)7/h2-5,12,15,17-19,22,24H,6-11H2,1H3;5H,2-3H2,1H3,(H,6,7)/t12-,15-,17-,18-,19+;/m0./s1. The average Bonchev–Trinajstić information content (AvgIpc) is 3.20. The smallest absolute Gasteiger partial charge is 0.404 e. The monoisotopic (exact) mass is 457 g/mol. The van der Waals surface area contributed by atoms with Crippen LogP contribution in [0.1, 0.15) is 49.9 Å². The molecule has 1 saturated heterocycles. The van der Waals surface area contributed by atoms with E-state index in [1.54, 1.807) is 0 Å². The van der Waals surface area contributed by atoms with E-state index in [4.69, 9.17) is 9.84 Å². The lowest BCUT2D eigenvalue weighted by atomic mass is 9.65. The minimum absolute atomic E-state index is 0.199. The van der Waals surface area contributed by atoms with Crippen molar-refractivity contribution in [2.24, 2.45) is 17.8 Å². The number of amides is 1.